The number of nitrogens with one attached hydrogen (secondary N) is 1. The quantitative estimate of drug-likeness (QED) is 0.546. The number of anilines is 1. The summed E-state index contributed by atoms with van der Waals surface area (Å²) in [6.45, 7) is 5.84. The second-order valence-corrected chi connectivity index (χ2v) is 7.58. The number of fused-ring (bicyclic) bond motifs is 1. The van der Waals surface area contributed by atoms with Gasteiger partial charge < -0.3 is 5.32 Å². The summed E-state index contributed by atoms with van der Waals surface area (Å²) in [5.74, 6) is 0.212. The van der Waals surface area contributed by atoms with Crippen molar-refractivity contribution in [3.05, 3.63) is 93.8 Å². The fourth-order valence-electron chi connectivity index (χ4n) is 3.52. The van der Waals surface area contributed by atoms with Gasteiger partial charge in [-0.15, -0.1) is 0 Å². The normalized spacial score (nSPS) is 10.9. The van der Waals surface area contributed by atoms with E-state index in [0.29, 0.717) is 16.7 Å². The summed E-state index contributed by atoms with van der Waals surface area (Å²) in [6.07, 6.45) is 0. The number of nitrogens with zero attached hydrogens (tertiary/aromatic N) is 2. The minimum Gasteiger partial charge on any atom is -0.324 e. The highest BCUT2D eigenvalue weighted by Gasteiger charge is 2.16. The molecule has 3 aromatic carbocycles. The first-order valence-corrected chi connectivity index (χ1v) is 9.86. The zero-order valence-electron chi connectivity index (χ0n) is 17.3. The number of aryl methyl sites for hydroxylation is 3. The third-order valence-corrected chi connectivity index (χ3v) is 5.13. The zero-order valence-corrected chi connectivity index (χ0v) is 17.3. The van der Waals surface area contributed by atoms with Gasteiger partial charge in [-0.05, 0) is 44.5 Å². The average Bonchev–Trinajstić information content (AvgIpc) is 2.73. The lowest BCUT2D eigenvalue weighted by Gasteiger charge is -2.15. The molecular weight excluding hydrogens is 374 g/mol. The SMILES string of the molecule is Cc1ccc(-c2nc3ccccc3c(=O)n2CC(=O)Nc2ccc(C)cc2C)cc1. The van der Waals surface area contributed by atoms with Crippen LogP contribution in [0.15, 0.2) is 71.5 Å². The van der Waals surface area contributed by atoms with E-state index in [9.17, 15) is 9.59 Å². The summed E-state index contributed by atoms with van der Waals surface area (Å²) < 4.78 is 1.45. The van der Waals surface area contributed by atoms with Gasteiger partial charge in [0.1, 0.15) is 12.4 Å². The Hall–Kier alpha value is -3.73. The van der Waals surface area contributed by atoms with Gasteiger partial charge in [0.25, 0.3) is 5.56 Å². The van der Waals surface area contributed by atoms with Gasteiger partial charge in [0.2, 0.25) is 5.91 Å². The fourth-order valence-corrected chi connectivity index (χ4v) is 3.52. The van der Waals surface area contributed by atoms with Crippen molar-refractivity contribution in [2.45, 2.75) is 27.3 Å². The molecule has 1 N–H and O–H groups in total. The Morgan fingerprint density at radius 2 is 1.63 bits per heavy atom. The van der Waals surface area contributed by atoms with Gasteiger partial charge in [-0.3, -0.25) is 14.2 Å². The van der Waals surface area contributed by atoms with E-state index in [1.54, 1.807) is 12.1 Å². The van der Waals surface area contributed by atoms with E-state index in [4.69, 9.17) is 4.98 Å². The Morgan fingerprint density at radius 1 is 0.933 bits per heavy atom. The number of aromatic nitrogens is 2. The molecule has 150 valence electrons. The number of hydrogen-bond acceptors (Lipinski definition) is 3. The highest BCUT2D eigenvalue weighted by molar-refractivity contribution is 5.92. The number of rotatable bonds is 4. The van der Waals surface area contributed by atoms with Crippen LogP contribution >= 0.6 is 0 Å². The van der Waals surface area contributed by atoms with E-state index in [2.05, 4.69) is 5.32 Å². The molecule has 0 saturated carbocycles. The number of benzene rings is 3. The minimum absolute atomic E-state index is 0.118. The lowest BCUT2D eigenvalue weighted by atomic mass is 10.1. The van der Waals surface area contributed by atoms with E-state index in [1.807, 2.05) is 75.4 Å². The molecule has 0 radical (unpaired) electrons. The van der Waals surface area contributed by atoms with Crippen LogP contribution in [-0.4, -0.2) is 15.5 Å². The third kappa shape index (κ3) is 3.87. The number of hydrogen-bond donors (Lipinski definition) is 1. The molecule has 1 amide bonds. The monoisotopic (exact) mass is 397 g/mol. The first-order chi connectivity index (χ1) is 14.4. The Bertz CT molecular complexity index is 1300. The van der Waals surface area contributed by atoms with Crippen molar-refractivity contribution < 1.29 is 4.79 Å². The Morgan fingerprint density at radius 3 is 2.37 bits per heavy atom. The molecule has 4 rings (SSSR count). The van der Waals surface area contributed by atoms with Crippen LogP contribution in [0.2, 0.25) is 0 Å². The maximum absolute atomic E-state index is 13.2. The predicted molar refractivity (Wildman–Crippen MR) is 121 cm³/mol. The minimum atomic E-state index is -0.269. The Balaban J connectivity index is 1.77. The Labute approximate surface area is 175 Å². The van der Waals surface area contributed by atoms with Crippen molar-refractivity contribution in [2.75, 3.05) is 5.32 Å². The molecule has 0 saturated heterocycles. The molecule has 0 unspecified atom stereocenters. The van der Waals surface area contributed by atoms with Crippen molar-refractivity contribution in [3.63, 3.8) is 0 Å². The summed E-state index contributed by atoms with van der Waals surface area (Å²) in [6, 6.07) is 20.8. The number of carbonyl (C=O) groups excluding carboxylic acids is 1. The largest absolute Gasteiger partial charge is 0.324 e. The topological polar surface area (TPSA) is 64.0 Å². The van der Waals surface area contributed by atoms with Gasteiger partial charge >= 0.3 is 0 Å². The first-order valence-electron chi connectivity index (χ1n) is 9.86. The second kappa shape index (κ2) is 7.95. The summed E-state index contributed by atoms with van der Waals surface area (Å²) in [5.41, 5.74) is 5.14. The van der Waals surface area contributed by atoms with Crippen molar-refractivity contribution >= 4 is 22.5 Å². The maximum Gasteiger partial charge on any atom is 0.262 e. The van der Waals surface area contributed by atoms with Crippen molar-refractivity contribution in [2.24, 2.45) is 0 Å². The van der Waals surface area contributed by atoms with Crippen LogP contribution in [-0.2, 0) is 11.3 Å². The summed E-state index contributed by atoms with van der Waals surface area (Å²) in [4.78, 5) is 30.8. The molecule has 0 spiro atoms. The molecule has 5 nitrogen and oxygen atoms in total. The molecule has 5 heteroatoms. The first kappa shape index (κ1) is 19.6. The number of carbonyl (C=O) groups is 1. The zero-order chi connectivity index (χ0) is 21.3. The second-order valence-electron chi connectivity index (χ2n) is 7.58. The maximum atomic E-state index is 13.2. The standard InChI is InChI=1S/C25H23N3O2/c1-16-8-11-19(12-9-16)24-27-22-7-5-4-6-20(22)25(30)28(24)15-23(29)26-21-13-10-17(2)14-18(21)3/h4-14H,15H2,1-3H3,(H,26,29). The lowest BCUT2D eigenvalue weighted by Crippen LogP contribution is -2.30. The van der Waals surface area contributed by atoms with Crippen molar-refractivity contribution in [1.29, 1.82) is 0 Å². The summed E-state index contributed by atoms with van der Waals surface area (Å²) >= 11 is 0. The molecule has 30 heavy (non-hydrogen) atoms. The van der Waals surface area contributed by atoms with Crippen molar-refractivity contribution in [1.82, 2.24) is 9.55 Å². The molecule has 1 aromatic heterocycles. The van der Waals surface area contributed by atoms with Gasteiger partial charge in [0.05, 0.1) is 10.9 Å². The highest BCUT2D eigenvalue weighted by Crippen LogP contribution is 2.20. The van der Waals surface area contributed by atoms with Crippen LogP contribution in [0.5, 0.6) is 0 Å². The van der Waals surface area contributed by atoms with Gasteiger partial charge in [-0.25, -0.2) is 4.98 Å². The van der Waals surface area contributed by atoms with Crippen molar-refractivity contribution in [3.8, 4) is 11.4 Å². The summed E-state index contributed by atoms with van der Waals surface area (Å²) in [7, 11) is 0. The van der Waals surface area contributed by atoms with E-state index < -0.39 is 0 Å². The molecular formula is C25H23N3O2. The average molecular weight is 397 g/mol. The van der Waals surface area contributed by atoms with Crippen LogP contribution < -0.4 is 10.9 Å². The smallest absolute Gasteiger partial charge is 0.262 e. The van der Waals surface area contributed by atoms with Gasteiger partial charge in [0, 0.05) is 11.3 Å². The molecule has 1 heterocycles. The van der Waals surface area contributed by atoms with E-state index in [0.717, 1.165) is 27.9 Å². The van der Waals surface area contributed by atoms with E-state index in [1.165, 1.54) is 4.57 Å². The molecule has 0 aliphatic carbocycles. The van der Waals surface area contributed by atoms with Crippen LogP contribution in [0.1, 0.15) is 16.7 Å². The molecule has 0 aliphatic heterocycles. The summed E-state index contributed by atoms with van der Waals surface area (Å²) in [5, 5.41) is 3.42. The van der Waals surface area contributed by atoms with Crippen LogP contribution in [0.4, 0.5) is 5.69 Å². The lowest BCUT2D eigenvalue weighted by molar-refractivity contribution is -0.116. The van der Waals surface area contributed by atoms with E-state index >= 15 is 0 Å². The van der Waals surface area contributed by atoms with Gasteiger partial charge in [-0.2, -0.15) is 0 Å². The molecule has 0 atom stereocenters. The Kier molecular flexibility index (Phi) is 5.19. The van der Waals surface area contributed by atoms with Crippen LogP contribution in [0.3, 0.4) is 0 Å². The third-order valence-electron chi connectivity index (χ3n) is 5.13. The van der Waals surface area contributed by atoms with Crippen LogP contribution in [0.25, 0.3) is 22.3 Å². The molecule has 0 fully saturated rings. The van der Waals surface area contributed by atoms with Gasteiger partial charge in [-0.1, -0.05) is 59.7 Å². The molecule has 0 bridgehead atoms. The number of amides is 1. The number of para-hydroxylation sites is 1. The fraction of sp³-hybridized carbons (Fsp3) is 0.160. The molecule has 0 aliphatic rings. The highest BCUT2D eigenvalue weighted by atomic mass is 16.2. The van der Waals surface area contributed by atoms with Crippen LogP contribution in [0, 0.1) is 20.8 Å². The molecule has 4 aromatic rings. The van der Waals surface area contributed by atoms with E-state index in [-0.39, 0.29) is 18.0 Å². The van der Waals surface area contributed by atoms with Gasteiger partial charge in [0.15, 0.2) is 0 Å². The predicted octanol–water partition coefficient (Wildman–Crippen LogP) is 4.63.